The Morgan fingerprint density at radius 2 is 1.86 bits per heavy atom. The minimum atomic E-state index is -0.457. The number of nitro groups is 1. The summed E-state index contributed by atoms with van der Waals surface area (Å²) in [6, 6.07) is 13.9. The number of hydrogen-bond acceptors (Lipinski definition) is 3. The van der Waals surface area contributed by atoms with Crippen LogP contribution in [0.15, 0.2) is 48.5 Å². The van der Waals surface area contributed by atoms with Gasteiger partial charge in [-0.05, 0) is 18.1 Å². The number of benzene rings is 2. The second-order valence-corrected chi connectivity index (χ2v) is 4.87. The average Bonchev–Trinajstić information content (AvgIpc) is 2.46. The molecular formula is C16H16N2O3. The summed E-state index contributed by atoms with van der Waals surface area (Å²) in [5, 5.41) is 13.4. The molecule has 0 heterocycles. The first-order valence-electron chi connectivity index (χ1n) is 6.60. The maximum absolute atomic E-state index is 11.8. The van der Waals surface area contributed by atoms with Crippen LogP contribution in [0.5, 0.6) is 0 Å². The van der Waals surface area contributed by atoms with Crippen molar-refractivity contribution in [1.29, 1.82) is 0 Å². The van der Waals surface area contributed by atoms with Crippen LogP contribution in [0, 0.1) is 17.0 Å². The zero-order valence-corrected chi connectivity index (χ0v) is 11.7. The Balaban J connectivity index is 1.88. The van der Waals surface area contributed by atoms with Crippen molar-refractivity contribution in [2.75, 3.05) is 0 Å². The summed E-state index contributed by atoms with van der Waals surface area (Å²) in [5.74, 6) is -0.106. The van der Waals surface area contributed by atoms with Gasteiger partial charge in [-0.3, -0.25) is 14.9 Å². The van der Waals surface area contributed by atoms with Crippen LogP contribution in [0.1, 0.15) is 16.7 Å². The van der Waals surface area contributed by atoms with E-state index < -0.39 is 4.92 Å². The molecule has 2 rings (SSSR count). The molecule has 0 saturated carbocycles. The molecule has 0 fully saturated rings. The molecule has 5 heteroatoms. The third kappa shape index (κ3) is 4.42. The molecule has 1 amide bonds. The second kappa shape index (κ2) is 6.65. The fourth-order valence-corrected chi connectivity index (χ4v) is 2.01. The van der Waals surface area contributed by atoms with E-state index in [1.165, 1.54) is 12.1 Å². The van der Waals surface area contributed by atoms with Crippen molar-refractivity contribution >= 4 is 11.6 Å². The van der Waals surface area contributed by atoms with Gasteiger partial charge in [0.25, 0.3) is 5.69 Å². The predicted octanol–water partition coefficient (Wildman–Crippen LogP) is 2.76. The number of amides is 1. The first-order chi connectivity index (χ1) is 10.0. The lowest BCUT2D eigenvalue weighted by Gasteiger charge is -2.06. The lowest BCUT2D eigenvalue weighted by Crippen LogP contribution is -2.24. The van der Waals surface area contributed by atoms with Gasteiger partial charge in [0.1, 0.15) is 0 Å². The van der Waals surface area contributed by atoms with Crippen molar-refractivity contribution in [3.8, 4) is 0 Å². The number of nitrogens with one attached hydrogen (secondary N) is 1. The van der Waals surface area contributed by atoms with Crippen LogP contribution in [0.4, 0.5) is 5.69 Å². The lowest BCUT2D eigenvalue weighted by molar-refractivity contribution is -0.384. The minimum absolute atomic E-state index is 0.0268. The number of nitrogens with zero attached hydrogens (tertiary/aromatic N) is 1. The molecule has 0 saturated heterocycles. The van der Waals surface area contributed by atoms with E-state index in [1.807, 2.05) is 31.2 Å². The Kier molecular flexibility index (Phi) is 4.66. The molecule has 0 unspecified atom stereocenters. The SMILES string of the molecule is Cc1cccc(CNC(=O)Cc2ccc([N+](=O)[O-])cc2)c1. The monoisotopic (exact) mass is 284 g/mol. The van der Waals surface area contributed by atoms with Crippen molar-refractivity contribution in [2.24, 2.45) is 0 Å². The van der Waals surface area contributed by atoms with E-state index in [0.717, 1.165) is 16.7 Å². The zero-order chi connectivity index (χ0) is 15.2. The van der Waals surface area contributed by atoms with Gasteiger partial charge in [0.2, 0.25) is 5.91 Å². The van der Waals surface area contributed by atoms with Crippen molar-refractivity contribution in [1.82, 2.24) is 5.32 Å². The van der Waals surface area contributed by atoms with Gasteiger partial charge >= 0.3 is 0 Å². The summed E-state index contributed by atoms with van der Waals surface area (Å²) in [4.78, 5) is 21.9. The van der Waals surface area contributed by atoms with E-state index >= 15 is 0 Å². The minimum Gasteiger partial charge on any atom is -0.352 e. The topological polar surface area (TPSA) is 72.2 Å². The molecule has 1 N–H and O–H groups in total. The summed E-state index contributed by atoms with van der Waals surface area (Å²) in [6.07, 6.45) is 0.212. The number of carbonyl (C=O) groups excluding carboxylic acids is 1. The van der Waals surface area contributed by atoms with E-state index in [2.05, 4.69) is 5.32 Å². The molecule has 21 heavy (non-hydrogen) atoms. The van der Waals surface area contributed by atoms with Gasteiger partial charge in [0.15, 0.2) is 0 Å². The van der Waals surface area contributed by atoms with Gasteiger partial charge in [-0.1, -0.05) is 42.0 Å². The molecule has 2 aromatic rings. The molecule has 5 nitrogen and oxygen atoms in total. The van der Waals surface area contributed by atoms with Crippen molar-refractivity contribution in [2.45, 2.75) is 19.9 Å². The number of nitro benzene ring substituents is 1. The van der Waals surface area contributed by atoms with Crippen LogP contribution < -0.4 is 5.32 Å². The maximum atomic E-state index is 11.8. The van der Waals surface area contributed by atoms with E-state index in [0.29, 0.717) is 6.54 Å². The highest BCUT2D eigenvalue weighted by Gasteiger charge is 2.07. The quantitative estimate of drug-likeness (QED) is 0.677. The highest BCUT2D eigenvalue weighted by atomic mass is 16.6. The number of aryl methyl sites for hydroxylation is 1. The summed E-state index contributed by atoms with van der Waals surface area (Å²) in [5.41, 5.74) is 2.98. The molecule has 0 aromatic heterocycles. The third-order valence-corrected chi connectivity index (χ3v) is 3.08. The third-order valence-electron chi connectivity index (χ3n) is 3.08. The molecule has 0 atom stereocenters. The molecule has 0 aliphatic heterocycles. The number of hydrogen-bond donors (Lipinski definition) is 1. The Bertz CT molecular complexity index is 651. The van der Waals surface area contributed by atoms with Crippen molar-refractivity contribution in [3.05, 3.63) is 75.3 Å². The molecule has 0 spiro atoms. The van der Waals surface area contributed by atoms with Gasteiger partial charge in [-0.2, -0.15) is 0 Å². The number of carbonyl (C=O) groups is 1. The highest BCUT2D eigenvalue weighted by molar-refractivity contribution is 5.78. The van der Waals surface area contributed by atoms with Crippen LogP contribution in [-0.4, -0.2) is 10.8 Å². The van der Waals surface area contributed by atoms with Crippen LogP contribution >= 0.6 is 0 Å². The molecular weight excluding hydrogens is 268 g/mol. The maximum Gasteiger partial charge on any atom is 0.269 e. The standard InChI is InChI=1S/C16H16N2O3/c1-12-3-2-4-14(9-12)11-17-16(19)10-13-5-7-15(8-6-13)18(20)21/h2-9H,10-11H2,1H3,(H,17,19). The van der Waals surface area contributed by atoms with Crippen molar-refractivity contribution in [3.63, 3.8) is 0 Å². The van der Waals surface area contributed by atoms with Gasteiger partial charge in [-0.25, -0.2) is 0 Å². The van der Waals surface area contributed by atoms with Crippen LogP contribution in [-0.2, 0) is 17.8 Å². The molecule has 0 radical (unpaired) electrons. The number of rotatable bonds is 5. The van der Waals surface area contributed by atoms with E-state index in [9.17, 15) is 14.9 Å². The molecule has 0 bridgehead atoms. The predicted molar refractivity (Wildman–Crippen MR) is 79.8 cm³/mol. The Labute approximate surface area is 122 Å². The van der Waals surface area contributed by atoms with E-state index in [-0.39, 0.29) is 18.0 Å². The zero-order valence-electron chi connectivity index (χ0n) is 11.7. The van der Waals surface area contributed by atoms with Gasteiger partial charge in [0, 0.05) is 18.7 Å². The second-order valence-electron chi connectivity index (χ2n) is 4.87. The fourth-order valence-electron chi connectivity index (χ4n) is 2.01. The van der Waals surface area contributed by atoms with E-state index in [1.54, 1.807) is 12.1 Å². The lowest BCUT2D eigenvalue weighted by atomic mass is 10.1. The average molecular weight is 284 g/mol. The van der Waals surface area contributed by atoms with Crippen molar-refractivity contribution < 1.29 is 9.72 Å². The summed E-state index contributed by atoms with van der Waals surface area (Å²) in [6.45, 7) is 2.48. The molecule has 2 aromatic carbocycles. The normalized spacial score (nSPS) is 10.1. The largest absolute Gasteiger partial charge is 0.352 e. The number of non-ortho nitro benzene ring substituents is 1. The Hall–Kier alpha value is -2.69. The molecule has 0 aliphatic carbocycles. The van der Waals surface area contributed by atoms with Gasteiger partial charge in [0.05, 0.1) is 11.3 Å². The Morgan fingerprint density at radius 1 is 1.14 bits per heavy atom. The summed E-state index contributed by atoms with van der Waals surface area (Å²) >= 11 is 0. The summed E-state index contributed by atoms with van der Waals surface area (Å²) < 4.78 is 0. The van der Waals surface area contributed by atoms with Gasteiger partial charge < -0.3 is 5.32 Å². The smallest absolute Gasteiger partial charge is 0.269 e. The first kappa shape index (κ1) is 14.7. The van der Waals surface area contributed by atoms with Crippen LogP contribution in [0.25, 0.3) is 0 Å². The Morgan fingerprint density at radius 3 is 2.48 bits per heavy atom. The van der Waals surface area contributed by atoms with Crippen LogP contribution in [0.3, 0.4) is 0 Å². The summed E-state index contributed by atoms with van der Waals surface area (Å²) in [7, 11) is 0. The van der Waals surface area contributed by atoms with Gasteiger partial charge in [-0.15, -0.1) is 0 Å². The first-order valence-corrected chi connectivity index (χ1v) is 6.60. The highest BCUT2D eigenvalue weighted by Crippen LogP contribution is 2.12. The molecule has 0 aliphatic rings. The molecule has 108 valence electrons. The van der Waals surface area contributed by atoms with Crippen LogP contribution in [0.2, 0.25) is 0 Å². The fraction of sp³-hybridized carbons (Fsp3) is 0.188. The van der Waals surface area contributed by atoms with E-state index in [4.69, 9.17) is 0 Å².